The molecule has 0 unspecified atom stereocenters. The predicted molar refractivity (Wildman–Crippen MR) is 92.2 cm³/mol. The number of hydrogen-bond acceptors (Lipinski definition) is 4. The Morgan fingerprint density at radius 1 is 0.875 bits per heavy atom. The minimum atomic E-state index is -0.571. The van der Waals surface area contributed by atoms with Gasteiger partial charge >= 0.3 is 5.97 Å². The standard InChI is InChI=1S/C18H11Cl2NO3/c19-16-10-12(11-21-17(16)20)18(22)24-15-8-6-14(7-9-15)23-13-4-2-1-3-5-13/h1-11H. The molecule has 0 aliphatic heterocycles. The van der Waals surface area contributed by atoms with Gasteiger partial charge in [-0.15, -0.1) is 0 Å². The molecule has 1 aromatic heterocycles. The lowest BCUT2D eigenvalue weighted by molar-refractivity contribution is 0.0734. The normalized spacial score (nSPS) is 10.2. The second kappa shape index (κ2) is 7.34. The Morgan fingerprint density at radius 3 is 2.17 bits per heavy atom. The van der Waals surface area contributed by atoms with E-state index in [2.05, 4.69) is 4.98 Å². The Morgan fingerprint density at radius 2 is 1.50 bits per heavy atom. The molecule has 0 saturated carbocycles. The van der Waals surface area contributed by atoms with Crippen molar-refractivity contribution in [2.45, 2.75) is 0 Å². The monoisotopic (exact) mass is 359 g/mol. The minimum absolute atomic E-state index is 0.135. The van der Waals surface area contributed by atoms with Crippen molar-refractivity contribution in [3.63, 3.8) is 0 Å². The lowest BCUT2D eigenvalue weighted by Crippen LogP contribution is -2.08. The smallest absolute Gasteiger partial charge is 0.345 e. The summed E-state index contributed by atoms with van der Waals surface area (Å²) in [6.45, 7) is 0. The van der Waals surface area contributed by atoms with Gasteiger partial charge in [0.15, 0.2) is 0 Å². The number of nitrogens with zero attached hydrogens (tertiary/aromatic N) is 1. The molecule has 0 aliphatic rings. The third-order valence-corrected chi connectivity index (χ3v) is 3.73. The number of esters is 1. The maximum absolute atomic E-state index is 12.1. The molecule has 0 bridgehead atoms. The van der Waals surface area contributed by atoms with Crippen molar-refractivity contribution in [2.24, 2.45) is 0 Å². The molecule has 24 heavy (non-hydrogen) atoms. The number of pyridine rings is 1. The number of carbonyl (C=O) groups excluding carboxylic acids is 1. The molecule has 0 N–H and O–H groups in total. The Bertz CT molecular complexity index is 852. The Labute approximate surface area is 148 Å². The van der Waals surface area contributed by atoms with Crippen LogP contribution in [-0.4, -0.2) is 11.0 Å². The third-order valence-electron chi connectivity index (χ3n) is 3.05. The number of hydrogen-bond donors (Lipinski definition) is 0. The first-order valence-corrected chi connectivity index (χ1v) is 7.73. The van der Waals surface area contributed by atoms with Crippen LogP contribution in [0.15, 0.2) is 66.9 Å². The summed E-state index contributed by atoms with van der Waals surface area (Å²) in [5, 5.41) is 0.327. The highest BCUT2D eigenvalue weighted by Gasteiger charge is 2.11. The second-order valence-corrected chi connectivity index (χ2v) is 5.54. The van der Waals surface area contributed by atoms with Gasteiger partial charge in [0.05, 0.1) is 10.6 Å². The molecule has 4 nitrogen and oxygen atoms in total. The number of benzene rings is 2. The van der Waals surface area contributed by atoms with Gasteiger partial charge in [-0.2, -0.15) is 0 Å². The van der Waals surface area contributed by atoms with Crippen molar-refractivity contribution in [2.75, 3.05) is 0 Å². The maximum atomic E-state index is 12.1. The van der Waals surface area contributed by atoms with Crippen molar-refractivity contribution in [3.05, 3.63) is 82.6 Å². The SMILES string of the molecule is O=C(Oc1ccc(Oc2ccccc2)cc1)c1cnc(Cl)c(Cl)c1. The molecule has 0 fully saturated rings. The van der Waals surface area contributed by atoms with Gasteiger partial charge in [0.2, 0.25) is 0 Å². The Hall–Kier alpha value is -2.56. The average Bonchev–Trinajstić information content (AvgIpc) is 2.60. The molecule has 0 atom stereocenters. The van der Waals surface area contributed by atoms with E-state index in [-0.39, 0.29) is 15.7 Å². The van der Waals surface area contributed by atoms with E-state index in [0.29, 0.717) is 11.5 Å². The van der Waals surface area contributed by atoms with Crippen molar-refractivity contribution < 1.29 is 14.3 Å². The highest BCUT2D eigenvalue weighted by atomic mass is 35.5. The molecular weight excluding hydrogens is 349 g/mol. The fourth-order valence-electron chi connectivity index (χ4n) is 1.90. The van der Waals surface area contributed by atoms with Crippen LogP contribution in [0.2, 0.25) is 10.2 Å². The summed E-state index contributed by atoms with van der Waals surface area (Å²) in [7, 11) is 0. The minimum Gasteiger partial charge on any atom is -0.457 e. The van der Waals surface area contributed by atoms with E-state index in [1.54, 1.807) is 24.3 Å². The van der Waals surface area contributed by atoms with Crippen molar-refractivity contribution in [1.29, 1.82) is 0 Å². The van der Waals surface area contributed by atoms with Crippen LogP contribution >= 0.6 is 23.2 Å². The zero-order chi connectivity index (χ0) is 16.9. The van der Waals surface area contributed by atoms with Crippen molar-refractivity contribution in [3.8, 4) is 17.2 Å². The van der Waals surface area contributed by atoms with E-state index >= 15 is 0 Å². The summed E-state index contributed by atoms with van der Waals surface area (Å²) in [4.78, 5) is 15.9. The molecule has 120 valence electrons. The molecule has 6 heteroatoms. The van der Waals surface area contributed by atoms with Gasteiger partial charge in [0.1, 0.15) is 22.4 Å². The summed E-state index contributed by atoms with van der Waals surface area (Å²) in [5.41, 5.74) is 0.217. The Balaban J connectivity index is 1.67. The van der Waals surface area contributed by atoms with Crippen LogP contribution < -0.4 is 9.47 Å². The van der Waals surface area contributed by atoms with Gasteiger partial charge in [0.25, 0.3) is 0 Å². The van der Waals surface area contributed by atoms with Gasteiger partial charge in [-0.1, -0.05) is 41.4 Å². The van der Waals surface area contributed by atoms with Crippen LogP contribution in [-0.2, 0) is 0 Å². The van der Waals surface area contributed by atoms with Crippen LogP contribution in [0.5, 0.6) is 17.2 Å². The first-order valence-electron chi connectivity index (χ1n) is 6.98. The number of carbonyl (C=O) groups is 1. The van der Waals surface area contributed by atoms with E-state index < -0.39 is 5.97 Å². The fourth-order valence-corrected chi connectivity index (χ4v) is 2.17. The van der Waals surface area contributed by atoms with E-state index in [1.807, 2.05) is 30.3 Å². The third kappa shape index (κ3) is 4.04. The number of ether oxygens (including phenoxy) is 2. The van der Waals surface area contributed by atoms with Gasteiger partial charge in [-0.05, 0) is 42.5 Å². The Kier molecular flexibility index (Phi) is 4.99. The molecule has 1 heterocycles. The van der Waals surface area contributed by atoms with Crippen molar-refractivity contribution >= 4 is 29.2 Å². The first kappa shape index (κ1) is 16.3. The van der Waals surface area contributed by atoms with Crippen LogP contribution in [0, 0.1) is 0 Å². The first-order chi connectivity index (χ1) is 11.6. The van der Waals surface area contributed by atoms with Crippen LogP contribution in [0.1, 0.15) is 10.4 Å². The number of aromatic nitrogens is 1. The number of para-hydroxylation sites is 1. The topological polar surface area (TPSA) is 48.4 Å². The van der Waals surface area contributed by atoms with E-state index in [1.165, 1.54) is 12.3 Å². The van der Waals surface area contributed by atoms with Gasteiger partial charge < -0.3 is 9.47 Å². The fraction of sp³-hybridized carbons (Fsp3) is 0. The molecule has 0 radical (unpaired) electrons. The summed E-state index contributed by atoms with van der Waals surface area (Å²) in [6.07, 6.45) is 1.31. The summed E-state index contributed by atoms with van der Waals surface area (Å²) in [6, 6.07) is 17.5. The molecule has 0 saturated heterocycles. The van der Waals surface area contributed by atoms with E-state index in [0.717, 1.165) is 5.75 Å². The zero-order valence-electron chi connectivity index (χ0n) is 12.3. The van der Waals surface area contributed by atoms with E-state index in [9.17, 15) is 4.79 Å². The van der Waals surface area contributed by atoms with Crippen LogP contribution in [0.4, 0.5) is 0 Å². The zero-order valence-corrected chi connectivity index (χ0v) is 13.8. The summed E-state index contributed by atoms with van der Waals surface area (Å²) >= 11 is 11.6. The highest BCUT2D eigenvalue weighted by molar-refractivity contribution is 6.41. The molecule has 0 aliphatic carbocycles. The lowest BCUT2D eigenvalue weighted by atomic mass is 10.3. The molecular formula is C18H11Cl2NO3. The van der Waals surface area contributed by atoms with Gasteiger partial charge in [-0.3, -0.25) is 0 Å². The highest BCUT2D eigenvalue weighted by Crippen LogP contribution is 2.25. The average molecular weight is 360 g/mol. The lowest BCUT2D eigenvalue weighted by Gasteiger charge is -2.07. The summed E-state index contributed by atoms with van der Waals surface area (Å²) in [5.74, 6) is 1.17. The molecule has 3 aromatic rings. The van der Waals surface area contributed by atoms with Gasteiger partial charge in [0, 0.05) is 6.20 Å². The molecule has 2 aromatic carbocycles. The van der Waals surface area contributed by atoms with Crippen molar-refractivity contribution in [1.82, 2.24) is 4.98 Å². The number of halogens is 2. The number of rotatable bonds is 4. The maximum Gasteiger partial charge on any atom is 0.345 e. The van der Waals surface area contributed by atoms with Crippen LogP contribution in [0.3, 0.4) is 0 Å². The molecule has 0 spiro atoms. The van der Waals surface area contributed by atoms with E-state index in [4.69, 9.17) is 32.7 Å². The molecule has 0 amide bonds. The second-order valence-electron chi connectivity index (χ2n) is 4.77. The quantitative estimate of drug-likeness (QED) is 0.355. The molecule has 3 rings (SSSR count). The largest absolute Gasteiger partial charge is 0.457 e. The van der Waals surface area contributed by atoms with Gasteiger partial charge in [-0.25, -0.2) is 9.78 Å². The summed E-state index contributed by atoms with van der Waals surface area (Å²) < 4.78 is 10.9. The predicted octanol–water partition coefficient (Wildman–Crippen LogP) is 5.40. The van der Waals surface area contributed by atoms with Crippen LogP contribution in [0.25, 0.3) is 0 Å².